The largest absolute Gasteiger partial charge is 0.412 e. The molecule has 0 atom stereocenters. The number of hydrogen-bond acceptors (Lipinski definition) is 2. The summed E-state index contributed by atoms with van der Waals surface area (Å²) in [6.07, 6.45) is 6.79. The van der Waals surface area contributed by atoms with Gasteiger partial charge in [0.15, 0.2) is 0 Å². The Morgan fingerprint density at radius 1 is 0.632 bits per heavy atom. The molecule has 0 aliphatic heterocycles. The fourth-order valence-corrected chi connectivity index (χ4v) is 1.33. The first kappa shape index (κ1) is 31.8. The maximum atomic E-state index is 8.38. The molecule has 120 valence electrons. The maximum Gasteiger partial charge on any atom is 0.0431 e. The van der Waals surface area contributed by atoms with Crippen LogP contribution in [0.1, 0.15) is 66.2 Å². The molecule has 0 saturated carbocycles. The van der Waals surface area contributed by atoms with Gasteiger partial charge < -0.3 is 21.2 Å². The normalized spacial score (nSPS) is 8.84. The third-order valence-corrected chi connectivity index (χ3v) is 2.38. The second-order valence-electron chi connectivity index (χ2n) is 5.23. The Labute approximate surface area is 134 Å². The average molecular weight is 316 g/mol. The summed E-state index contributed by atoms with van der Waals surface area (Å²) in [6, 6.07) is 0. The minimum absolute atomic E-state index is 0. The van der Waals surface area contributed by atoms with Gasteiger partial charge in [0.2, 0.25) is 0 Å². The molecule has 0 heterocycles. The molecule has 0 aromatic rings. The van der Waals surface area contributed by atoms with Crippen molar-refractivity contribution < 1.29 is 42.9 Å². The van der Waals surface area contributed by atoms with Crippen molar-refractivity contribution in [1.29, 1.82) is 0 Å². The smallest absolute Gasteiger partial charge is 0.0431 e. The molecular weight excluding hydrogens is 280 g/mol. The summed E-state index contributed by atoms with van der Waals surface area (Å²) in [4.78, 5) is 0. The van der Waals surface area contributed by atoms with Crippen LogP contribution in [-0.2, 0) is 21.7 Å². The Balaban J connectivity index is -0.0000000594. The summed E-state index contributed by atoms with van der Waals surface area (Å²) >= 11 is 0. The van der Waals surface area contributed by atoms with E-state index in [1.54, 1.807) is 0 Å². The van der Waals surface area contributed by atoms with Gasteiger partial charge in [0, 0.05) is 34.9 Å². The van der Waals surface area contributed by atoms with E-state index < -0.39 is 0 Å². The SMILES string of the molecule is CC(C)CCCCO.CC(C)CCCCO.O.O.[Ti]. The molecule has 0 bridgehead atoms. The fraction of sp³-hybridized carbons (Fsp3) is 1.00. The Morgan fingerprint density at radius 3 is 1.05 bits per heavy atom. The Hall–Kier alpha value is 0.554. The van der Waals surface area contributed by atoms with Crippen LogP contribution in [0.5, 0.6) is 0 Å². The van der Waals surface area contributed by atoms with E-state index >= 15 is 0 Å². The first-order chi connectivity index (χ1) is 7.54. The molecule has 0 radical (unpaired) electrons. The molecule has 0 aliphatic carbocycles. The van der Waals surface area contributed by atoms with Crippen LogP contribution in [0.15, 0.2) is 0 Å². The first-order valence-corrected chi connectivity index (χ1v) is 6.76. The molecule has 6 N–H and O–H groups in total. The number of unbranched alkanes of at least 4 members (excludes halogenated alkanes) is 2. The standard InChI is InChI=1S/2C7H16O.2H2O.Ti/c2*1-7(2)5-3-4-6-8;;;/h2*7-8H,3-6H2,1-2H3;2*1H2;. The van der Waals surface area contributed by atoms with E-state index in [4.69, 9.17) is 10.2 Å². The monoisotopic (exact) mass is 316 g/mol. The zero-order valence-electron chi connectivity index (χ0n) is 13.2. The predicted octanol–water partition coefficient (Wildman–Crippen LogP) is 1.96. The topological polar surface area (TPSA) is 103 Å². The number of rotatable bonds is 8. The van der Waals surface area contributed by atoms with Crippen LogP contribution in [0.3, 0.4) is 0 Å². The summed E-state index contributed by atoms with van der Waals surface area (Å²) in [5.41, 5.74) is 0. The van der Waals surface area contributed by atoms with Gasteiger partial charge in [-0.05, 0) is 24.7 Å². The van der Waals surface area contributed by atoms with E-state index in [0.717, 1.165) is 24.7 Å². The van der Waals surface area contributed by atoms with Crippen molar-refractivity contribution in [1.82, 2.24) is 0 Å². The van der Waals surface area contributed by atoms with Gasteiger partial charge in [-0.15, -0.1) is 0 Å². The number of hydrogen-bond donors (Lipinski definition) is 2. The summed E-state index contributed by atoms with van der Waals surface area (Å²) < 4.78 is 0. The van der Waals surface area contributed by atoms with Gasteiger partial charge in [0.05, 0.1) is 0 Å². The Morgan fingerprint density at radius 2 is 0.895 bits per heavy atom. The molecule has 0 aromatic carbocycles. The van der Waals surface area contributed by atoms with Gasteiger partial charge in [-0.3, -0.25) is 0 Å². The van der Waals surface area contributed by atoms with Crippen molar-refractivity contribution >= 4 is 0 Å². The predicted molar refractivity (Wildman–Crippen MR) is 78.8 cm³/mol. The summed E-state index contributed by atoms with van der Waals surface area (Å²) in [5.74, 6) is 1.59. The van der Waals surface area contributed by atoms with Crippen LogP contribution in [-0.4, -0.2) is 34.4 Å². The van der Waals surface area contributed by atoms with Gasteiger partial charge in [0.25, 0.3) is 0 Å². The molecule has 0 spiro atoms. The first-order valence-electron chi connectivity index (χ1n) is 6.76. The van der Waals surface area contributed by atoms with E-state index in [1.807, 2.05) is 0 Å². The minimum Gasteiger partial charge on any atom is -0.412 e. The minimum atomic E-state index is 0. The van der Waals surface area contributed by atoms with E-state index in [1.165, 1.54) is 25.7 Å². The van der Waals surface area contributed by atoms with Gasteiger partial charge in [0.1, 0.15) is 0 Å². The summed E-state index contributed by atoms with van der Waals surface area (Å²) in [7, 11) is 0. The van der Waals surface area contributed by atoms with Crippen molar-refractivity contribution in [2.75, 3.05) is 13.2 Å². The van der Waals surface area contributed by atoms with Gasteiger partial charge in [-0.1, -0.05) is 53.4 Å². The van der Waals surface area contributed by atoms with Crippen molar-refractivity contribution in [2.45, 2.75) is 66.2 Å². The zero-order valence-corrected chi connectivity index (χ0v) is 14.8. The van der Waals surface area contributed by atoms with Crippen molar-refractivity contribution in [3.8, 4) is 0 Å². The molecule has 0 fully saturated rings. The number of aliphatic hydroxyl groups is 2. The second kappa shape index (κ2) is 27.0. The van der Waals surface area contributed by atoms with E-state index in [9.17, 15) is 0 Å². The molecule has 0 unspecified atom stereocenters. The van der Waals surface area contributed by atoms with Crippen LogP contribution < -0.4 is 0 Å². The van der Waals surface area contributed by atoms with Gasteiger partial charge in [-0.2, -0.15) is 0 Å². The Kier molecular flexibility index (Phi) is 45.1. The molecule has 19 heavy (non-hydrogen) atoms. The quantitative estimate of drug-likeness (QED) is 0.528. The van der Waals surface area contributed by atoms with Gasteiger partial charge in [-0.25, -0.2) is 0 Å². The van der Waals surface area contributed by atoms with Crippen LogP contribution in [0.4, 0.5) is 0 Å². The van der Waals surface area contributed by atoms with Crippen LogP contribution in [0, 0.1) is 11.8 Å². The van der Waals surface area contributed by atoms with Crippen molar-refractivity contribution in [3.63, 3.8) is 0 Å². The van der Waals surface area contributed by atoms with E-state index in [2.05, 4.69) is 27.7 Å². The summed E-state index contributed by atoms with van der Waals surface area (Å²) in [5, 5.41) is 16.8. The molecule has 0 aliphatic rings. The van der Waals surface area contributed by atoms with Crippen LogP contribution in [0.25, 0.3) is 0 Å². The molecule has 0 amide bonds. The van der Waals surface area contributed by atoms with E-state index in [0.29, 0.717) is 13.2 Å². The van der Waals surface area contributed by atoms with Crippen LogP contribution in [0.2, 0.25) is 0 Å². The molecule has 0 rings (SSSR count). The average Bonchev–Trinajstić information content (AvgIpc) is 2.18. The fourth-order valence-electron chi connectivity index (χ4n) is 1.33. The molecule has 0 saturated heterocycles. The van der Waals surface area contributed by atoms with Gasteiger partial charge >= 0.3 is 0 Å². The zero-order chi connectivity index (χ0) is 12.8. The molecule has 5 heteroatoms. The van der Waals surface area contributed by atoms with Crippen molar-refractivity contribution in [2.24, 2.45) is 11.8 Å². The summed E-state index contributed by atoms with van der Waals surface area (Å²) in [6.45, 7) is 9.53. The molecule has 4 nitrogen and oxygen atoms in total. The maximum absolute atomic E-state index is 8.38. The van der Waals surface area contributed by atoms with E-state index in [-0.39, 0.29) is 32.7 Å². The number of aliphatic hydroxyl groups excluding tert-OH is 2. The Bertz CT molecular complexity index is 108. The third-order valence-electron chi connectivity index (χ3n) is 2.38. The molecule has 0 aromatic heterocycles. The molecular formula is C14H36O4Ti. The van der Waals surface area contributed by atoms with Crippen LogP contribution >= 0.6 is 0 Å². The third kappa shape index (κ3) is 45.6. The van der Waals surface area contributed by atoms with Crippen molar-refractivity contribution in [3.05, 3.63) is 0 Å². The second-order valence-corrected chi connectivity index (χ2v) is 5.23.